The van der Waals surface area contributed by atoms with E-state index in [2.05, 4.69) is 9.97 Å². The average Bonchev–Trinajstić information content (AvgIpc) is 2.71. The van der Waals surface area contributed by atoms with Crippen LogP contribution in [0.1, 0.15) is 23.9 Å². The van der Waals surface area contributed by atoms with Crippen molar-refractivity contribution in [1.29, 1.82) is 0 Å². The molecular weight excluding hydrogens is 232 g/mol. The highest BCUT2D eigenvalue weighted by Gasteiger charge is 2.30. The minimum atomic E-state index is -2.93. The monoisotopic (exact) mass is 244 g/mol. The van der Waals surface area contributed by atoms with Crippen LogP contribution in [0.5, 0.6) is 0 Å². The second kappa shape index (κ2) is 3.89. The lowest BCUT2D eigenvalue weighted by molar-refractivity contribution is -0.136. The maximum Gasteiger partial charge on any atom is 0.309 e. The number of nitrogens with zero attached hydrogens (tertiary/aromatic N) is 1. The van der Waals surface area contributed by atoms with Gasteiger partial charge in [0.15, 0.2) is 9.84 Å². The maximum atomic E-state index is 11.3. The Bertz CT molecular complexity index is 505. The van der Waals surface area contributed by atoms with E-state index >= 15 is 0 Å². The van der Waals surface area contributed by atoms with Crippen molar-refractivity contribution in [2.24, 2.45) is 0 Å². The van der Waals surface area contributed by atoms with Crippen LogP contribution in [0.3, 0.4) is 0 Å². The number of imidazole rings is 1. The van der Waals surface area contributed by atoms with Gasteiger partial charge in [0.2, 0.25) is 0 Å². The Morgan fingerprint density at radius 2 is 2.38 bits per heavy atom. The first kappa shape index (κ1) is 11.1. The van der Waals surface area contributed by atoms with Crippen LogP contribution in [0, 0.1) is 0 Å². The van der Waals surface area contributed by atoms with Crippen molar-refractivity contribution in [1.82, 2.24) is 9.97 Å². The fourth-order valence-electron chi connectivity index (χ4n) is 1.85. The zero-order valence-electron chi connectivity index (χ0n) is 8.51. The van der Waals surface area contributed by atoms with E-state index in [0.717, 1.165) is 0 Å². The number of rotatable bonds is 3. The normalized spacial score (nSPS) is 23.4. The number of sulfone groups is 1. The molecule has 0 aliphatic carbocycles. The SMILES string of the molecule is O=C(O)Cc1cnc(C2CCS(=O)(=O)C2)[nH]1. The lowest BCUT2D eigenvalue weighted by Crippen LogP contribution is -2.05. The van der Waals surface area contributed by atoms with Gasteiger partial charge in [-0.05, 0) is 6.42 Å². The molecule has 88 valence electrons. The maximum absolute atomic E-state index is 11.3. The number of hydrogen-bond acceptors (Lipinski definition) is 4. The van der Waals surface area contributed by atoms with Gasteiger partial charge in [-0.2, -0.15) is 0 Å². The summed E-state index contributed by atoms with van der Waals surface area (Å²) in [5, 5.41) is 8.58. The van der Waals surface area contributed by atoms with Crippen LogP contribution >= 0.6 is 0 Å². The molecular formula is C9H12N2O4S. The number of hydrogen-bond donors (Lipinski definition) is 2. The van der Waals surface area contributed by atoms with Crippen LogP contribution in [-0.4, -0.2) is 41.0 Å². The van der Waals surface area contributed by atoms with E-state index in [9.17, 15) is 13.2 Å². The van der Waals surface area contributed by atoms with E-state index < -0.39 is 15.8 Å². The fraction of sp³-hybridized carbons (Fsp3) is 0.556. The Morgan fingerprint density at radius 1 is 1.62 bits per heavy atom. The molecule has 0 radical (unpaired) electrons. The minimum absolute atomic E-state index is 0.104. The van der Waals surface area contributed by atoms with E-state index in [1.807, 2.05) is 0 Å². The predicted octanol–water partition coefficient (Wildman–Crippen LogP) is -0.0611. The fourth-order valence-corrected chi connectivity index (χ4v) is 3.60. The summed E-state index contributed by atoms with van der Waals surface area (Å²) < 4.78 is 22.5. The second-order valence-corrected chi connectivity index (χ2v) is 6.19. The van der Waals surface area contributed by atoms with Crippen LogP contribution in [-0.2, 0) is 21.1 Å². The third-order valence-electron chi connectivity index (χ3n) is 2.61. The van der Waals surface area contributed by atoms with Gasteiger partial charge < -0.3 is 10.1 Å². The van der Waals surface area contributed by atoms with Crippen LogP contribution in [0.4, 0.5) is 0 Å². The number of carboxylic acid groups (broad SMARTS) is 1. The zero-order valence-corrected chi connectivity index (χ0v) is 9.33. The number of H-pyrrole nitrogens is 1. The van der Waals surface area contributed by atoms with Crippen molar-refractivity contribution in [3.05, 3.63) is 17.7 Å². The van der Waals surface area contributed by atoms with E-state index in [0.29, 0.717) is 17.9 Å². The average molecular weight is 244 g/mol. The van der Waals surface area contributed by atoms with Gasteiger partial charge >= 0.3 is 5.97 Å². The summed E-state index contributed by atoms with van der Waals surface area (Å²) in [5.74, 6) is -0.182. The molecule has 1 aromatic heterocycles. The molecule has 0 aromatic carbocycles. The molecule has 0 amide bonds. The Morgan fingerprint density at radius 3 is 2.94 bits per heavy atom. The highest BCUT2D eigenvalue weighted by Crippen LogP contribution is 2.26. The van der Waals surface area contributed by atoms with Crippen molar-refractivity contribution in [2.75, 3.05) is 11.5 Å². The summed E-state index contributed by atoms with van der Waals surface area (Å²) in [7, 11) is -2.93. The number of aliphatic carboxylic acids is 1. The zero-order chi connectivity index (χ0) is 11.8. The highest BCUT2D eigenvalue weighted by molar-refractivity contribution is 7.91. The standard InChI is InChI=1S/C9H12N2O4S/c12-8(13)3-7-4-10-9(11-7)6-1-2-16(14,15)5-6/h4,6H,1-3,5H2,(H,10,11)(H,12,13). The first-order chi connectivity index (χ1) is 7.46. The van der Waals surface area contributed by atoms with Crippen LogP contribution in [0.2, 0.25) is 0 Å². The van der Waals surface area contributed by atoms with Gasteiger partial charge in [0.25, 0.3) is 0 Å². The molecule has 7 heteroatoms. The molecule has 1 aliphatic rings. The Hall–Kier alpha value is -1.37. The molecule has 1 aromatic rings. The van der Waals surface area contributed by atoms with Crippen molar-refractivity contribution >= 4 is 15.8 Å². The van der Waals surface area contributed by atoms with Crippen LogP contribution < -0.4 is 0 Å². The van der Waals surface area contributed by atoms with Gasteiger partial charge in [-0.15, -0.1) is 0 Å². The lowest BCUT2D eigenvalue weighted by atomic mass is 10.1. The molecule has 1 aliphatic heterocycles. The second-order valence-electron chi connectivity index (χ2n) is 3.96. The number of aromatic amines is 1. The molecule has 2 N–H and O–H groups in total. The molecule has 0 spiro atoms. The minimum Gasteiger partial charge on any atom is -0.481 e. The molecule has 16 heavy (non-hydrogen) atoms. The number of carbonyl (C=O) groups is 1. The topological polar surface area (TPSA) is 100 Å². The Balaban J connectivity index is 2.11. The van der Waals surface area contributed by atoms with Crippen molar-refractivity contribution in [3.8, 4) is 0 Å². The Labute approximate surface area is 92.6 Å². The smallest absolute Gasteiger partial charge is 0.309 e. The quantitative estimate of drug-likeness (QED) is 0.775. The van der Waals surface area contributed by atoms with Crippen LogP contribution in [0.25, 0.3) is 0 Å². The summed E-state index contributed by atoms with van der Waals surface area (Å²) in [6, 6.07) is 0. The van der Waals surface area contributed by atoms with E-state index in [1.165, 1.54) is 6.20 Å². The van der Waals surface area contributed by atoms with Crippen molar-refractivity contribution < 1.29 is 18.3 Å². The van der Waals surface area contributed by atoms with E-state index in [4.69, 9.17) is 5.11 Å². The summed E-state index contributed by atoms with van der Waals surface area (Å²) in [5.41, 5.74) is 0.506. The van der Waals surface area contributed by atoms with E-state index in [-0.39, 0.29) is 23.8 Å². The number of nitrogens with one attached hydrogen (secondary N) is 1. The molecule has 1 saturated heterocycles. The molecule has 1 atom stereocenters. The highest BCUT2D eigenvalue weighted by atomic mass is 32.2. The first-order valence-corrected chi connectivity index (χ1v) is 6.74. The molecule has 1 unspecified atom stereocenters. The van der Waals surface area contributed by atoms with Gasteiger partial charge in [0.1, 0.15) is 5.82 Å². The molecule has 1 fully saturated rings. The van der Waals surface area contributed by atoms with Gasteiger partial charge in [-0.3, -0.25) is 4.79 Å². The summed E-state index contributed by atoms with van der Waals surface area (Å²) in [4.78, 5) is 17.4. The predicted molar refractivity (Wildman–Crippen MR) is 55.9 cm³/mol. The number of aromatic nitrogens is 2. The molecule has 2 rings (SSSR count). The van der Waals surface area contributed by atoms with Gasteiger partial charge in [-0.1, -0.05) is 0 Å². The van der Waals surface area contributed by atoms with Crippen LogP contribution in [0.15, 0.2) is 6.20 Å². The third kappa shape index (κ3) is 2.41. The Kier molecular flexibility index (Phi) is 2.71. The lowest BCUT2D eigenvalue weighted by Gasteiger charge is -2.01. The summed E-state index contributed by atoms with van der Waals surface area (Å²) >= 11 is 0. The van der Waals surface area contributed by atoms with Crippen molar-refractivity contribution in [3.63, 3.8) is 0 Å². The summed E-state index contributed by atoms with van der Waals surface area (Å²) in [6.45, 7) is 0. The largest absolute Gasteiger partial charge is 0.481 e. The summed E-state index contributed by atoms with van der Waals surface area (Å²) in [6.07, 6.45) is 1.89. The van der Waals surface area contributed by atoms with Crippen molar-refractivity contribution in [2.45, 2.75) is 18.8 Å². The van der Waals surface area contributed by atoms with Gasteiger partial charge in [0.05, 0.1) is 17.9 Å². The molecule has 0 saturated carbocycles. The van der Waals surface area contributed by atoms with Gasteiger partial charge in [0, 0.05) is 17.8 Å². The van der Waals surface area contributed by atoms with E-state index in [1.54, 1.807) is 0 Å². The van der Waals surface area contributed by atoms with Gasteiger partial charge in [-0.25, -0.2) is 13.4 Å². The number of carboxylic acids is 1. The molecule has 2 heterocycles. The molecule has 0 bridgehead atoms. The molecule has 6 nitrogen and oxygen atoms in total. The first-order valence-electron chi connectivity index (χ1n) is 4.92. The third-order valence-corrected chi connectivity index (χ3v) is 4.38.